The van der Waals surface area contributed by atoms with Gasteiger partial charge in [0.25, 0.3) is 0 Å². The third-order valence-corrected chi connectivity index (χ3v) is 3.47. The van der Waals surface area contributed by atoms with Gasteiger partial charge in [0, 0.05) is 0 Å². The molecule has 3 nitrogen and oxygen atoms in total. The molecule has 0 aliphatic carbocycles. The maximum atomic E-state index is 11.3. The Hall–Kier alpha value is -0.910. The van der Waals surface area contributed by atoms with E-state index in [2.05, 4.69) is 5.32 Å². The minimum absolute atomic E-state index is 0.113. The van der Waals surface area contributed by atoms with Crippen molar-refractivity contribution in [3.05, 3.63) is 35.9 Å². The van der Waals surface area contributed by atoms with Gasteiger partial charge in [0.05, 0.1) is 0 Å². The predicted octanol–water partition coefficient (Wildman–Crippen LogP) is -1.89. The Morgan fingerprint density at radius 1 is 1.27 bits per heavy atom. The van der Waals surface area contributed by atoms with Crippen LogP contribution in [-0.2, 0) is 9.59 Å². The van der Waals surface area contributed by atoms with Gasteiger partial charge >= 0.3 is 99.6 Å². The Bertz CT molecular complexity index is 351. The summed E-state index contributed by atoms with van der Waals surface area (Å²) in [7, 11) is 0. The second kappa shape index (κ2) is 5.85. The minimum atomic E-state index is -0.649. The van der Waals surface area contributed by atoms with E-state index in [1.807, 2.05) is 37.3 Å². The molecule has 1 amide bonds. The van der Waals surface area contributed by atoms with Gasteiger partial charge < -0.3 is 0 Å². The van der Waals surface area contributed by atoms with Crippen molar-refractivity contribution in [3.8, 4) is 0 Å². The molecule has 4 heteroatoms. The number of alkyl halides is 1. The monoisotopic (exact) mass is 318 g/mol. The number of hydrogen-bond donors (Lipinski definition) is 1. The third kappa shape index (κ3) is 3.62. The van der Waals surface area contributed by atoms with E-state index in [1.54, 1.807) is 4.93 Å². The molecular weight excluding hydrogens is 305 g/mol. The van der Waals surface area contributed by atoms with Crippen LogP contribution in [0.15, 0.2) is 30.3 Å². The first-order valence-electron chi connectivity index (χ1n) is 4.54. The molecule has 1 aromatic rings. The van der Waals surface area contributed by atoms with Crippen LogP contribution in [0.5, 0.6) is 0 Å². The number of hydrogen-bond acceptors (Lipinski definition) is 2. The van der Waals surface area contributed by atoms with Crippen LogP contribution in [0.25, 0.3) is 0 Å². The van der Waals surface area contributed by atoms with Gasteiger partial charge in [-0.25, -0.2) is 0 Å². The molecule has 0 saturated heterocycles. The first kappa shape index (κ1) is 12.2. The van der Waals surface area contributed by atoms with Gasteiger partial charge in [-0.1, -0.05) is 0 Å². The molecular formula is C11H13INO2-. The molecule has 0 bridgehead atoms. The average Bonchev–Trinajstić information content (AvgIpc) is 2.29. The van der Waals surface area contributed by atoms with E-state index in [9.17, 15) is 9.59 Å². The predicted molar refractivity (Wildman–Crippen MR) is 53.9 cm³/mol. The van der Waals surface area contributed by atoms with Gasteiger partial charge in [0.15, 0.2) is 0 Å². The van der Waals surface area contributed by atoms with Gasteiger partial charge in [-0.15, -0.1) is 0 Å². The first-order valence-corrected chi connectivity index (χ1v) is 7.78. The summed E-state index contributed by atoms with van der Waals surface area (Å²) in [6.45, 7) is 1.87. The van der Waals surface area contributed by atoms with Crippen LogP contribution < -0.4 is 26.5 Å². The normalized spacial score (nSPS) is 12.1. The van der Waals surface area contributed by atoms with E-state index < -0.39 is 27.1 Å². The van der Waals surface area contributed by atoms with Crippen molar-refractivity contribution in [1.82, 2.24) is 5.32 Å². The molecule has 1 rings (SSSR count). The van der Waals surface area contributed by atoms with Crippen molar-refractivity contribution in [2.24, 2.45) is 0 Å². The van der Waals surface area contributed by atoms with Crippen molar-refractivity contribution in [3.63, 3.8) is 0 Å². The molecule has 0 spiro atoms. The zero-order valence-electron chi connectivity index (χ0n) is 8.66. The SMILES string of the molecule is C[I-]C(=O)C(=O)N[C@@H](C)c1ccccc1. The molecule has 0 radical (unpaired) electrons. The molecule has 0 aliphatic heterocycles. The van der Waals surface area contributed by atoms with E-state index in [0.717, 1.165) is 5.56 Å². The summed E-state index contributed by atoms with van der Waals surface area (Å²) in [5.41, 5.74) is 1.01. The number of amides is 1. The summed E-state index contributed by atoms with van der Waals surface area (Å²) >= 11 is -0.649. The third-order valence-electron chi connectivity index (χ3n) is 2.00. The summed E-state index contributed by atoms with van der Waals surface area (Å²) in [6.07, 6.45) is 0. The van der Waals surface area contributed by atoms with Crippen molar-refractivity contribution in [2.45, 2.75) is 13.0 Å². The van der Waals surface area contributed by atoms with E-state index in [0.29, 0.717) is 0 Å². The van der Waals surface area contributed by atoms with Gasteiger partial charge in [-0.3, -0.25) is 0 Å². The molecule has 0 unspecified atom stereocenters. The number of carbonyl (C=O) groups is 2. The van der Waals surface area contributed by atoms with Crippen LogP contribution in [0.3, 0.4) is 0 Å². The van der Waals surface area contributed by atoms with Crippen molar-refractivity contribution >= 4 is 9.70 Å². The average molecular weight is 318 g/mol. The summed E-state index contributed by atoms with van der Waals surface area (Å²) < 4.78 is -0.267. The van der Waals surface area contributed by atoms with Gasteiger partial charge in [0.2, 0.25) is 0 Å². The molecule has 0 saturated carbocycles. The van der Waals surface area contributed by atoms with E-state index in [1.165, 1.54) is 0 Å². The Balaban J connectivity index is 2.60. The number of halogens is 1. The summed E-state index contributed by atoms with van der Waals surface area (Å²) in [5.74, 6) is -0.457. The van der Waals surface area contributed by atoms with Crippen molar-refractivity contribution in [2.75, 3.05) is 4.93 Å². The van der Waals surface area contributed by atoms with E-state index in [-0.39, 0.29) is 9.83 Å². The standard InChI is InChI=1S/C11H13INO2/c1-8(9-6-4-3-5-7-9)13-11(15)10(14)12-2/h3-8H,1-2H3,(H,13,15)/q-1/t8-/m0/s1. The second-order valence-corrected chi connectivity index (χ2v) is 5.13. The molecule has 82 valence electrons. The summed E-state index contributed by atoms with van der Waals surface area (Å²) in [5, 5.41) is 2.69. The van der Waals surface area contributed by atoms with Gasteiger partial charge in [0.1, 0.15) is 0 Å². The Morgan fingerprint density at radius 3 is 2.40 bits per heavy atom. The van der Waals surface area contributed by atoms with Crippen LogP contribution in [0, 0.1) is 0 Å². The fourth-order valence-electron chi connectivity index (χ4n) is 1.16. The van der Waals surface area contributed by atoms with Crippen molar-refractivity contribution < 1.29 is 30.8 Å². The van der Waals surface area contributed by atoms with Gasteiger partial charge in [-0.05, 0) is 0 Å². The first-order chi connectivity index (χ1) is 7.15. The van der Waals surface area contributed by atoms with Crippen LogP contribution in [-0.4, -0.2) is 14.6 Å². The molecule has 15 heavy (non-hydrogen) atoms. The Morgan fingerprint density at radius 2 is 1.87 bits per heavy atom. The number of benzene rings is 1. The Kier molecular flexibility index (Phi) is 4.74. The molecule has 1 N–H and O–H groups in total. The fourth-order valence-corrected chi connectivity index (χ4v) is 1.81. The van der Waals surface area contributed by atoms with Crippen molar-refractivity contribution in [1.29, 1.82) is 0 Å². The maximum absolute atomic E-state index is 11.3. The quantitative estimate of drug-likeness (QED) is 0.305. The van der Waals surface area contributed by atoms with Crippen LogP contribution in [0.1, 0.15) is 18.5 Å². The van der Waals surface area contributed by atoms with Gasteiger partial charge in [-0.2, -0.15) is 0 Å². The topological polar surface area (TPSA) is 46.2 Å². The zero-order chi connectivity index (χ0) is 11.3. The number of carbonyl (C=O) groups excluding carboxylic acids is 2. The van der Waals surface area contributed by atoms with Crippen LogP contribution in [0.2, 0.25) is 0 Å². The number of rotatable bonds is 4. The fraction of sp³-hybridized carbons (Fsp3) is 0.273. The molecule has 0 aromatic heterocycles. The summed E-state index contributed by atoms with van der Waals surface area (Å²) in [4.78, 5) is 24.2. The molecule has 1 atom stereocenters. The zero-order valence-corrected chi connectivity index (χ0v) is 10.8. The molecule has 0 fully saturated rings. The summed E-state index contributed by atoms with van der Waals surface area (Å²) in [6, 6.07) is 9.48. The second-order valence-electron chi connectivity index (χ2n) is 3.07. The Labute approximate surface area is 99.5 Å². The number of nitrogens with one attached hydrogen (secondary N) is 1. The molecule has 0 aliphatic rings. The molecule has 0 heterocycles. The van der Waals surface area contributed by atoms with E-state index in [4.69, 9.17) is 0 Å². The van der Waals surface area contributed by atoms with Crippen LogP contribution in [0.4, 0.5) is 0 Å². The van der Waals surface area contributed by atoms with Crippen LogP contribution >= 0.6 is 0 Å². The molecule has 1 aromatic carbocycles. The van der Waals surface area contributed by atoms with E-state index >= 15 is 0 Å².